The second-order valence-electron chi connectivity index (χ2n) is 5.29. The van der Waals surface area contributed by atoms with Crippen molar-refractivity contribution < 1.29 is 18.7 Å². The van der Waals surface area contributed by atoms with Crippen molar-refractivity contribution in [2.24, 2.45) is 5.92 Å². The lowest BCUT2D eigenvalue weighted by atomic mass is 9.66. The molecular weight excluding hydrogens is 247 g/mol. The highest BCUT2D eigenvalue weighted by Gasteiger charge is 2.42. The van der Waals surface area contributed by atoms with Gasteiger partial charge in [0.1, 0.15) is 17.5 Å². The summed E-state index contributed by atoms with van der Waals surface area (Å²) in [6.07, 6.45) is 1.14. The highest BCUT2D eigenvalue weighted by atomic mass is 19.1. The molecule has 1 saturated carbocycles. The van der Waals surface area contributed by atoms with Gasteiger partial charge in [-0.2, -0.15) is 0 Å². The molecule has 4 heteroatoms. The number of hydrogen-bond donors (Lipinski definition) is 0. The minimum absolute atomic E-state index is 0.110. The average molecular weight is 264 g/mol. The lowest BCUT2D eigenvalue weighted by Gasteiger charge is -2.36. The Hall–Kier alpha value is -1.71. The molecule has 0 saturated heterocycles. The highest BCUT2D eigenvalue weighted by molar-refractivity contribution is 5.99. The van der Waals surface area contributed by atoms with Gasteiger partial charge in [-0.15, -0.1) is 0 Å². The van der Waals surface area contributed by atoms with Crippen molar-refractivity contribution in [2.75, 3.05) is 7.11 Å². The summed E-state index contributed by atoms with van der Waals surface area (Å²) in [6, 6.07) is 6.53. The third kappa shape index (κ3) is 2.53. The minimum Gasteiger partial charge on any atom is -0.468 e. The van der Waals surface area contributed by atoms with Gasteiger partial charge in [0.15, 0.2) is 0 Å². The predicted molar refractivity (Wildman–Crippen MR) is 68.1 cm³/mol. The maximum absolute atomic E-state index is 13.9. The van der Waals surface area contributed by atoms with Crippen molar-refractivity contribution in [3.63, 3.8) is 0 Å². The molecule has 3 nitrogen and oxygen atoms in total. The molecule has 0 bridgehead atoms. The van der Waals surface area contributed by atoms with Crippen molar-refractivity contribution in [1.82, 2.24) is 0 Å². The first-order valence-corrected chi connectivity index (χ1v) is 6.33. The van der Waals surface area contributed by atoms with Crippen molar-refractivity contribution >= 4 is 11.8 Å². The van der Waals surface area contributed by atoms with Crippen molar-refractivity contribution in [2.45, 2.75) is 31.6 Å². The monoisotopic (exact) mass is 264 g/mol. The van der Waals surface area contributed by atoms with E-state index >= 15 is 0 Å². The van der Waals surface area contributed by atoms with E-state index in [1.165, 1.54) is 13.2 Å². The summed E-state index contributed by atoms with van der Waals surface area (Å²) in [6.45, 7) is 1.90. The molecule has 2 unspecified atom stereocenters. The zero-order valence-corrected chi connectivity index (χ0v) is 11.1. The van der Waals surface area contributed by atoms with Gasteiger partial charge in [0.05, 0.1) is 7.11 Å². The minimum atomic E-state index is -0.775. The molecular formula is C15H17FO3. The average Bonchev–Trinajstić information content (AvgIpc) is 2.41. The number of benzene rings is 1. The molecule has 0 radical (unpaired) electrons. The highest BCUT2D eigenvalue weighted by Crippen LogP contribution is 2.41. The third-order valence-electron chi connectivity index (χ3n) is 3.98. The van der Waals surface area contributed by atoms with Crippen LogP contribution < -0.4 is 0 Å². The number of ketones is 1. The molecule has 1 aromatic carbocycles. The van der Waals surface area contributed by atoms with Crippen molar-refractivity contribution in [3.05, 3.63) is 35.6 Å². The summed E-state index contributed by atoms with van der Waals surface area (Å²) in [5, 5.41) is 0. The zero-order chi connectivity index (χ0) is 14.0. The normalized spacial score (nSPS) is 27.1. The van der Waals surface area contributed by atoms with Crippen LogP contribution in [0.3, 0.4) is 0 Å². The second kappa shape index (κ2) is 5.11. The fraction of sp³-hybridized carbons (Fsp3) is 0.467. The molecule has 102 valence electrons. The molecule has 0 N–H and O–H groups in total. The number of Topliss-reactive ketones (excluding diaryl/α,β-unsaturated/α-hetero) is 1. The zero-order valence-electron chi connectivity index (χ0n) is 11.1. The maximum atomic E-state index is 13.9. The van der Waals surface area contributed by atoms with Gasteiger partial charge in [0.2, 0.25) is 0 Å². The summed E-state index contributed by atoms with van der Waals surface area (Å²) < 4.78 is 18.6. The Labute approximate surface area is 111 Å². The van der Waals surface area contributed by atoms with Crippen LogP contribution >= 0.6 is 0 Å². The number of esters is 1. The number of halogens is 1. The lowest BCUT2D eigenvalue weighted by molar-refractivity contribution is -0.151. The van der Waals surface area contributed by atoms with E-state index in [4.69, 9.17) is 0 Å². The summed E-state index contributed by atoms with van der Waals surface area (Å²) in [5.74, 6) is -1.70. The van der Waals surface area contributed by atoms with E-state index < -0.39 is 17.3 Å². The third-order valence-corrected chi connectivity index (χ3v) is 3.98. The van der Waals surface area contributed by atoms with E-state index in [1.807, 2.05) is 6.92 Å². The maximum Gasteiger partial charge on any atom is 0.316 e. The van der Waals surface area contributed by atoms with Crippen molar-refractivity contribution in [1.29, 1.82) is 0 Å². The molecule has 0 aromatic heterocycles. The molecule has 0 amide bonds. The van der Waals surface area contributed by atoms with Crippen LogP contribution in [-0.4, -0.2) is 18.9 Å². The number of rotatable bonds is 2. The van der Waals surface area contributed by atoms with E-state index in [9.17, 15) is 14.0 Å². The summed E-state index contributed by atoms with van der Waals surface area (Å²) in [7, 11) is 1.27. The van der Waals surface area contributed by atoms with Crippen LogP contribution in [0.25, 0.3) is 0 Å². The molecule has 1 aliphatic carbocycles. The fourth-order valence-electron chi connectivity index (χ4n) is 2.79. The Morgan fingerprint density at radius 3 is 2.74 bits per heavy atom. The van der Waals surface area contributed by atoms with Gasteiger partial charge >= 0.3 is 5.97 Å². The Kier molecular flexibility index (Phi) is 3.69. The largest absolute Gasteiger partial charge is 0.468 e. The first-order chi connectivity index (χ1) is 8.98. The molecule has 1 fully saturated rings. The van der Waals surface area contributed by atoms with Crippen LogP contribution in [0.1, 0.15) is 31.7 Å². The predicted octanol–water partition coefficient (Wildman–Crippen LogP) is 2.63. The molecule has 0 spiro atoms. The van der Waals surface area contributed by atoms with E-state index in [2.05, 4.69) is 4.74 Å². The number of hydrogen-bond acceptors (Lipinski definition) is 3. The standard InChI is InChI=1S/C15H17FO3/c1-15(11-5-3-4-6-12(11)16)8-7-13(17)10(9-15)14(18)19-2/h3-6,10H,7-9H2,1-2H3. The van der Waals surface area contributed by atoms with Crippen LogP contribution in [0.2, 0.25) is 0 Å². The van der Waals surface area contributed by atoms with Gasteiger partial charge in [-0.05, 0) is 29.9 Å². The first kappa shape index (κ1) is 13.7. The number of carbonyl (C=O) groups excluding carboxylic acids is 2. The number of carbonyl (C=O) groups is 2. The Balaban J connectivity index is 2.32. The van der Waals surface area contributed by atoms with Crippen LogP contribution in [0, 0.1) is 11.7 Å². The van der Waals surface area contributed by atoms with Crippen LogP contribution in [0.4, 0.5) is 4.39 Å². The summed E-state index contributed by atoms with van der Waals surface area (Å²) in [4.78, 5) is 23.4. The Morgan fingerprint density at radius 1 is 1.42 bits per heavy atom. The second-order valence-corrected chi connectivity index (χ2v) is 5.29. The Morgan fingerprint density at radius 2 is 2.11 bits per heavy atom. The quantitative estimate of drug-likeness (QED) is 0.609. The van der Waals surface area contributed by atoms with E-state index in [1.54, 1.807) is 18.2 Å². The molecule has 0 aliphatic heterocycles. The van der Waals surface area contributed by atoms with Gasteiger partial charge < -0.3 is 4.74 Å². The topological polar surface area (TPSA) is 43.4 Å². The van der Waals surface area contributed by atoms with E-state index in [0.29, 0.717) is 18.4 Å². The van der Waals surface area contributed by atoms with Gasteiger partial charge in [-0.25, -0.2) is 4.39 Å². The van der Waals surface area contributed by atoms with Gasteiger partial charge in [-0.1, -0.05) is 25.1 Å². The van der Waals surface area contributed by atoms with E-state index in [0.717, 1.165) is 0 Å². The lowest BCUT2D eigenvalue weighted by Crippen LogP contribution is -2.39. The van der Waals surface area contributed by atoms with Crippen LogP contribution in [0.5, 0.6) is 0 Å². The SMILES string of the molecule is COC(=O)C1CC(C)(c2ccccc2F)CCC1=O. The molecule has 2 atom stereocenters. The van der Waals surface area contributed by atoms with Crippen LogP contribution in [-0.2, 0) is 19.7 Å². The van der Waals surface area contributed by atoms with Crippen molar-refractivity contribution in [3.8, 4) is 0 Å². The van der Waals surface area contributed by atoms with Gasteiger partial charge in [0, 0.05) is 6.42 Å². The number of methoxy groups -OCH3 is 1. The van der Waals surface area contributed by atoms with Gasteiger partial charge in [-0.3, -0.25) is 9.59 Å². The molecule has 0 heterocycles. The van der Waals surface area contributed by atoms with E-state index in [-0.39, 0.29) is 18.0 Å². The molecule has 19 heavy (non-hydrogen) atoms. The summed E-state index contributed by atoms with van der Waals surface area (Å²) >= 11 is 0. The Bertz CT molecular complexity index is 504. The van der Waals surface area contributed by atoms with Gasteiger partial charge in [0.25, 0.3) is 0 Å². The number of ether oxygens (including phenoxy) is 1. The fourth-order valence-corrected chi connectivity index (χ4v) is 2.79. The molecule has 1 aromatic rings. The molecule has 2 rings (SSSR count). The summed E-state index contributed by atoms with van der Waals surface area (Å²) in [5.41, 5.74) is 0.0642. The van der Waals surface area contributed by atoms with Crippen LogP contribution in [0.15, 0.2) is 24.3 Å². The smallest absolute Gasteiger partial charge is 0.316 e. The molecule has 1 aliphatic rings. The first-order valence-electron chi connectivity index (χ1n) is 6.33.